The second-order valence-electron chi connectivity index (χ2n) is 4.23. The van der Waals surface area contributed by atoms with Gasteiger partial charge in [-0.3, -0.25) is 4.79 Å². The molecule has 86 valence electrons. The molecule has 3 N–H and O–H groups in total. The molecule has 0 bridgehead atoms. The van der Waals surface area contributed by atoms with Crippen molar-refractivity contribution >= 4 is 21.9 Å². The van der Waals surface area contributed by atoms with E-state index in [2.05, 4.69) is 15.9 Å². The number of aliphatic hydroxyl groups is 2. The van der Waals surface area contributed by atoms with Crippen LogP contribution in [-0.2, 0) is 10.2 Å². The van der Waals surface area contributed by atoms with Crippen molar-refractivity contribution in [2.75, 3.05) is 0 Å². The lowest BCUT2D eigenvalue weighted by Gasteiger charge is -2.47. The van der Waals surface area contributed by atoms with Crippen LogP contribution in [0, 0.1) is 0 Å². The Morgan fingerprint density at radius 2 is 1.94 bits per heavy atom. The van der Waals surface area contributed by atoms with E-state index in [0.29, 0.717) is 5.56 Å². The third-order valence-electron chi connectivity index (χ3n) is 2.96. The summed E-state index contributed by atoms with van der Waals surface area (Å²) in [6.07, 6.45) is -0.350. The Morgan fingerprint density at radius 3 is 2.38 bits per heavy atom. The molecule has 4 nitrogen and oxygen atoms in total. The monoisotopic (exact) mass is 286 g/mol. The number of carboxylic acid groups (broad SMARTS) is 1. The Kier molecular flexibility index (Phi) is 2.57. The van der Waals surface area contributed by atoms with Crippen LogP contribution in [-0.4, -0.2) is 27.1 Å². The van der Waals surface area contributed by atoms with Gasteiger partial charge in [0.1, 0.15) is 5.41 Å². The first-order valence-corrected chi connectivity index (χ1v) is 5.59. The van der Waals surface area contributed by atoms with Crippen LogP contribution in [0.25, 0.3) is 0 Å². The molecule has 0 atom stereocenters. The number of carboxylic acids is 1. The van der Waals surface area contributed by atoms with Crippen LogP contribution in [0.4, 0.5) is 0 Å². The Morgan fingerprint density at radius 1 is 1.31 bits per heavy atom. The molecule has 0 aliphatic heterocycles. The van der Waals surface area contributed by atoms with Gasteiger partial charge in [0.2, 0.25) is 0 Å². The standard InChI is InChI=1S/C11H11BrO4/c12-8-3-1-2-7(4-8)10(9(13)14)5-11(15,16)6-10/h1-4,15-16H,5-6H2,(H,13,14). The highest BCUT2D eigenvalue weighted by Crippen LogP contribution is 2.49. The average Bonchev–Trinajstić information content (AvgIpc) is 2.13. The maximum absolute atomic E-state index is 11.3. The van der Waals surface area contributed by atoms with Crippen LogP contribution in [0.5, 0.6) is 0 Å². The Labute approximate surface area is 101 Å². The van der Waals surface area contributed by atoms with E-state index in [1.807, 2.05) is 0 Å². The second kappa shape index (κ2) is 3.55. The van der Waals surface area contributed by atoms with E-state index in [-0.39, 0.29) is 12.8 Å². The highest BCUT2D eigenvalue weighted by molar-refractivity contribution is 9.10. The molecule has 0 radical (unpaired) electrons. The van der Waals surface area contributed by atoms with E-state index in [0.717, 1.165) is 4.47 Å². The third kappa shape index (κ3) is 1.75. The zero-order chi connectivity index (χ0) is 12.0. The van der Waals surface area contributed by atoms with Crippen molar-refractivity contribution in [3.05, 3.63) is 34.3 Å². The largest absolute Gasteiger partial charge is 0.481 e. The Bertz CT molecular complexity index is 433. The SMILES string of the molecule is O=C(O)C1(c2cccc(Br)c2)CC(O)(O)C1. The summed E-state index contributed by atoms with van der Waals surface area (Å²) in [6, 6.07) is 6.92. The van der Waals surface area contributed by atoms with Crippen molar-refractivity contribution in [2.45, 2.75) is 24.0 Å². The molecule has 5 heteroatoms. The van der Waals surface area contributed by atoms with E-state index >= 15 is 0 Å². The van der Waals surface area contributed by atoms with Gasteiger partial charge in [0.15, 0.2) is 5.79 Å². The first-order valence-electron chi connectivity index (χ1n) is 4.80. The maximum atomic E-state index is 11.3. The van der Waals surface area contributed by atoms with Crippen LogP contribution < -0.4 is 0 Å². The minimum atomic E-state index is -1.86. The molecule has 1 fully saturated rings. The van der Waals surface area contributed by atoms with Crippen molar-refractivity contribution in [3.63, 3.8) is 0 Å². The lowest BCUT2D eigenvalue weighted by molar-refractivity contribution is -0.247. The molecule has 0 aromatic heterocycles. The molecule has 16 heavy (non-hydrogen) atoms. The Balaban J connectivity index is 2.40. The summed E-state index contributed by atoms with van der Waals surface area (Å²) in [6.45, 7) is 0. The fourth-order valence-corrected chi connectivity index (χ4v) is 2.58. The summed E-state index contributed by atoms with van der Waals surface area (Å²) >= 11 is 3.27. The molecule has 0 spiro atoms. The molecule has 0 amide bonds. The number of hydrogen-bond donors (Lipinski definition) is 3. The number of hydrogen-bond acceptors (Lipinski definition) is 3. The quantitative estimate of drug-likeness (QED) is 0.715. The predicted molar refractivity (Wildman–Crippen MR) is 59.9 cm³/mol. The van der Waals surface area contributed by atoms with Gasteiger partial charge in [0.25, 0.3) is 0 Å². The van der Waals surface area contributed by atoms with Crippen molar-refractivity contribution < 1.29 is 20.1 Å². The van der Waals surface area contributed by atoms with E-state index in [1.165, 1.54) is 0 Å². The second-order valence-corrected chi connectivity index (χ2v) is 5.15. The van der Waals surface area contributed by atoms with E-state index in [9.17, 15) is 20.1 Å². The molecule has 1 aliphatic rings. The van der Waals surface area contributed by atoms with Gasteiger partial charge < -0.3 is 15.3 Å². The predicted octanol–water partition coefficient (Wildman–Crippen LogP) is 1.25. The molecule has 1 aliphatic carbocycles. The summed E-state index contributed by atoms with van der Waals surface area (Å²) in [4.78, 5) is 11.3. The molecular formula is C11H11BrO4. The highest BCUT2D eigenvalue weighted by atomic mass is 79.9. The maximum Gasteiger partial charge on any atom is 0.314 e. The number of benzene rings is 1. The molecular weight excluding hydrogens is 276 g/mol. The molecule has 1 aromatic rings. The highest BCUT2D eigenvalue weighted by Gasteiger charge is 2.59. The smallest absolute Gasteiger partial charge is 0.314 e. The van der Waals surface area contributed by atoms with E-state index in [4.69, 9.17) is 0 Å². The lowest BCUT2D eigenvalue weighted by atomic mass is 9.61. The van der Waals surface area contributed by atoms with Gasteiger partial charge in [-0.15, -0.1) is 0 Å². The summed E-state index contributed by atoms with van der Waals surface area (Å²) in [5.41, 5.74) is -0.583. The number of carbonyl (C=O) groups is 1. The van der Waals surface area contributed by atoms with Gasteiger partial charge in [-0.25, -0.2) is 0 Å². The molecule has 1 saturated carbocycles. The van der Waals surface area contributed by atoms with Gasteiger partial charge in [0.05, 0.1) is 0 Å². The van der Waals surface area contributed by atoms with Crippen LogP contribution in [0.1, 0.15) is 18.4 Å². The molecule has 0 saturated heterocycles. The van der Waals surface area contributed by atoms with Crippen LogP contribution in [0.15, 0.2) is 28.7 Å². The Hall–Kier alpha value is -0.910. The van der Waals surface area contributed by atoms with Crippen molar-refractivity contribution in [1.82, 2.24) is 0 Å². The topological polar surface area (TPSA) is 77.8 Å². The minimum absolute atomic E-state index is 0.175. The van der Waals surface area contributed by atoms with E-state index < -0.39 is 17.2 Å². The zero-order valence-electron chi connectivity index (χ0n) is 8.35. The molecule has 2 rings (SSSR count). The fourth-order valence-electron chi connectivity index (χ4n) is 2.18. The summed E-state index contributed by atoms with van der Waals surface area (Å²) in [5, 5.41) is 27.8. The van der Waals surface area contributed by atoms with Gasteiger partial charge in [-0.1, -0.05) is 28.1 Å². The zero-order valence-corrected chi connectivity index (χ0v) is 9.94. The van der Waals surface area contributed by atoms with Crippen LogP contribution in [0.2, 0.25) is 0 Å². The molecule has 1 aromatic carbocycles. The minimum Gasteiger partial charge on any atom is -0.481 e. The van der Waals surface area contributed by atoms with Crippen LogP contribution in [0.3, 0.4) is 0 Å². The fraction of sp³-hybridized carbons (Fsp3) is 0.364. The normalized spacial score (nSPS) is 21.2. The molecule has 0 unspecified atom stereocenters. The van der Waals surface area contributed by atoms with Crippen molar-refractivity contribution in [3.8, 4) is 0 Å². The first-order chi connectivity index (χ1) is 7.36. The van der Waals surface area contributed by atoms with Gasteiger partial charge in [-0.2, -0.15) is 0 Å². The van der Waals surface area contributed by atoms with Gasteiger partial charge >= 0.3 is 5.97 Å². The number of halogens is 1. The molecule has 0 heterocycles. The van der Waals surface area contributed by atoms with Crippen molar-refractivity contribution in [1.29, 1.82) is 0 Å². The number of rotatable bonds is 2. The summed E-state index contributed by atoms with van der Waals surface area (Å²) < 4.78 is 0.777. The van der Waals surface area contributed by atoms with Gasteiger partial charge in [-0.05, 0) is 17.7 Å². The van der Waals surface area contributed by atoms with Gasteiger partial charge in [0, 0.05) is 17.3 Å². The third-order valence-corrected chi connectivity index (χ3v) is 3.45. The van der Waals surface area contributed by atoms with Crippen molar-refractivity contribution in [2.24, 2.45) is 0 Å². The summed E-state index contributed by atoms with van der Waals surface area (Å²) in [5.74, 6) is -2.88. The average molecular weight is 287 g/mol. The first kappa shape index (κ1) is 11.6. The number of aliphatic carboxylic acids is 1. The van der Waals surface area contributed by atoms with Crippen LogP contribution >= 0.6 is 15.9 Å². The lowest BCUT2D eigenvalue weighted by Crippen LogP contribution is -2.58. The van der Waals surface area contributed by atoms with E-state index in [1.54, 1.807) is 24.3 Å². The summed E-state index contributed by atoms with van der Waals surface area (Å²) in [7, 11) is 0.